The van der Waals surface area contributed by atoms with Crippen LogP contribution in [-0.2, 0) is 22.6 Å². The molecule has 8 atom stereocenters. The molecule has 280 valence electrons. The number of pyridine rings is 1. The van der Waals surface area contributed by atoms with Gasteiger partial charge >= 0.3 is 0 Å². The van der Waals surface area contributed by atoms with Gasteiger partial charge in [0, 0.05) is 67.4 Å². The van der Waals surface area contributed by atoms with Crippen LogP contribution in [0.3, 0.4) is 0 Å². The molecule has 1 aliphatic heterocycles. The summed E-state index contributed by atoms with van der Waals surface area (Å²) in [6.45, 7) is 8.85. The molecule has 4 N–H and O–H groups in total. The third-order valence-corrected chi connectivity index (χ3v) is 12.1. The van der Waals surface area contributed by atoms with Crippen LogP contribution in [0.25, 0.3) is 11.1 Å². The molecule has 3 saturated carbocycles. The molecule has 0 spiro atoms. The van der Waals surface area contributed by atoms with E-state index in [0.29, 0.717) is 42.0 Å². The van der Waals surface area contributed by atoms with Crippen molar-refractivity contribution in [3.05, 3.63) is 77.6 Å². The zero-order valence-corrected chi connectivity index (χ0v) is 31.5. The van der Waals surface area contributed by atoms with Crippen molar-refractivity contribution < 1.29 is 29.4 Å². The highest BCUT2D eigenvalue weighted by atomic mass is 16.7. The molecule has 52 heavy (non-hydrogen) atoms. The van der Waals surface area contributed by atoms with Crippen LogP contribution in [0.1, 0.15) is 62.0 Å². The summed E-state index contributed by atoms with van der Waals surface area (Å²) in [6, 6.07) is 14.6. The first-order valence-electron chi connectivity index (χ1n) is 18.5. The van der Waals surface area contributed by atoms with Gasteiger partial charge in [0.15, 0.2) is 0 Å². The Morgan fingerprint density at radius 2 is 1.94 bits per heavy atom. The second kappa shape index (κ2) is 15.5. The number of rotatable bonds is 13. The number of carbonyl (C=O) groups is 2. The van der Waals surface area contributed by atoms with Crippen LogP contribution in [-0.4, -0.2) is 90.7 Å². The van der Waals surface area contributed by atoms with E-state index in [9.17, 15) is 19.8 Å². The lowest BCUT2D eigenvalue weighted by molar-refractivity contribution is -0.183. The fourth-order valence-electron chi connectivity index (χ4n) is 8.95. The number of hydroxylamine groups is 2. The SMILES string of the molecule is COc1c(CN2O[C@@H](CO)[C@H]([C@H](C)O)[C@H]2C(=O)N[C@H]2C[C@@H]3C[C@@H]([C@@H]2C)C3(C)C)cccc1-c1cc(C(=O)NCCc2cccnc2)cc(N(C)C)c1. The van der Waals surface area contributed by atoms with Crippen LogP contribution in [0, 0.1) is 29.1 Å². The standard InChI is InChI=1S/C41H55N5O6/c1-24-33-19-30(41(33,3)4)20-34(24)44-40(50)37-36(25(2)48)35(23-47)52-46(37)22-27-11-8-12-32(38(27)51-7)28-16-29(18-31(17-28)45(5)6)39(49)43-15-13-26-10-9-14-42-21-26/h8-12,14,16-18,21,24-25,30,33-37,47-48H,13,15,19-20,22-23H2,1-7H3,(H,43,49)(H,44,50)/t24-,25-,30-,33-,34-,35-,36-,37-/m0/s1. The largest absolute Gasteiger partial charge is 0.496 e. The van der Waals surface area contributed by atoms with Gasteiger partial charge in [0.25, 0.3) is 5.91 Å². The number of benzene rings is 2. The maximum absolute atomic E-state index is 14.2. The number of aliphatic hydroxyl groups is 2. The number of methoxy groups -OCH3 is 1. The molecule has 7 rings (SSSR count). The number of amides is 2. The average molecular weight is 714 g/mol. The van der Waals surface area contributed by atoms with Crippen molar-refractivity contribution in [3.63, 3.8) is 0 Å². The van der Waals surface area contributed by atoms with Crippen molar-refractivity contribution in [3.8, 4) is 16.9 Å². The summed E-state index contributed by atoms with van der Waals surface area (Å²) in [6.07, 6.45) is 4.67. The highest BCUT2D eigenvalue weighted by Gasteiger charge is 2.57. The summed E-state index contributed by atoms with van der Waals surface area (Å²) in [5.74, 6) is 1.02. The van der Waals surface area contributed by atoms with Gasteiger partial charge in [-0.15, -0.1) is 0 Å². The summed E-state index contributed by atoms with van der Waals surface area (Å²) in [4.78, 5) is 40.0. The first-order chi connectivity index (χ1) is 24.8. The fraction of sp³-hybridized carbons (Fsp3) is 0.537. The molecule has 3 aromatic rings. The normalized spacial score (nSPS) is 27.0. The Hall–Kier alpha value is -4.03. The van der Waals surface area contributed by atoms with Gasteiger partial charge in [-0.3, -0.25) is 19.4 Å². The van der Waals surface area contributed by atoms with Crippen LogP contribution in [0.4, 0.5) is 5.69 Å². The predicted octanol–water partition coefficient (Wildman–Crippen LogP) is 4.46. The van der Waals surface area contributed by atoms with Gasteiger partial charge in [-0.25, -0.2) is 0 Å². The molecule has 4 fully saturated rings. The van der Waals surface area contributed by atoms with E-state index in [1.807, 2.05) is 67.5 Å². The van der Waals surface area contributed by atoms with Crippen LogP contribution in [0.15, 0.2) is 60.9 Å². The quantitative estimate of drug-likeness (QED) is 0.203. The Labute approximate surface area is 307 Å². The van der Waals surface area contributed by atoms with E-state index in [-0.39, 0.29) is 36.4 Å². The Bertz CT molecular complexity index is 1730. The Balaban J connectivity index is 1.26. The fourth-order valence-corrected chi connectivity index (χ4v) is 8.95. The van der Waals surface area contributed by atoms with Crippen LogP contribution >= 0.6 is 0 Å². The molecule has 4 aliphatic rings. The van der Waals surface area contributed by atoms with E-state index in [1.54, 1.807) is 31.5 Å². The molecular weight excluding hydrogens is 658 g/mol. The molecule has 1 saturated heterocycles. The molecule has 1 aromatic heterocycles. The first kappa shape index (κ1) is 37.7. The smallest absolute Gasteiger partial charge is 0.251 e. The van der Waals surface area contributed by atoms with Crippen LogP contribution in [0.5, 0.6) is 5.75 Å². The highest BCUT2D eigenvalue weighted by molar-refractivity contribution is 5.97. The average Bonchev–Trinajstić information content (AvgIpc) is 3.51. The van der Waals surface area contributed by atoms with Gasteiger partial charge in [0.2, 0.25) is 5.91 Å². The molecule has 2 aromatic carbocycles. The minimum Gasteiger partial charge on any atom is -0.496 e. The number of nitrogens with zero attached hydrogens (tertiary/aromatic N) is 3. The van der Waals surface area contributed by atoms with E-state index in [0.717, 1.165) is 34.4 Å². The molecule has 2 bridgehead atoms. The lowest BCUT2D eigenvalue weighted by Gasteiger charge is -2.62. The number of hydrogen-bond donors (Lipinski definition) is 4. The molecule has 2 heterocycles. The van der Waals surface area contributed by atoms with Gasteiger partial charge in [-0.05, 0) is 84.7 Å². The zero-order valence-electron chi connectivity index (χ0n) is 31.5. The second-order valence-corrected chi connectivity index (χ2v) is 15.8. The van der Waals surface area contributed by atoms with Gasteiger partial charge < -0.3 is 30.5 Å². The predicted molar refractivity (Wildman–Crippen MR) is 201 cm³/mol. The van der Waals surface area contributed by atoms with Crippen molar-refractivity contribution in [2.45, 2.75) is 77.8 Å². The van der Waals surface area contributed by atoms with Crippen molar-refractivity contribution in [2.24, 2.45) is 29.1 Å². The number of para-hydroxylation sites is 1. The Morgan fingerprint density at radius 1 is 1.15 bits per heavy atom. The summed E-state index contributed by atoms with van der Waals surface area (Å²) < 4.78 is 6.05. The van der Waals surface area contributed by atoms with Crippen molar-refractivity contribution >= 4 is 17.5 Å². The topological polar surface area (TPSA) is 136 Å². The van der Waals surface area contributed by atoms with E-state index in [1.165, 1.54) is 6.42 Å². The number of nitrogens with one attached hydrogen (secondary N) is 2. The molecular formula is C41H55N5O6. The maximum Gasteiger partial charge on any atom is 0.251 e. The zero-order chi connectivity index (χ0) is 37.3. The summed E-state index contributed by atoms with van der Waals surface area (Å²) in [7, 11) is 5.47. The Kier molecular flexibility index (Phi) is 11.3. The number of aromatic nitrogens is 1. The van der Waals surface area contributed by atoms with Gasteiger partial charge in [0.1, 0.15) is 17.9 Å². The summed E-state index contributed by atoms with van der Waals surface area (Å²) >= 11 is 0. The third-order valence-electron chi connectivity index (χ3n) is 12.1. The number of aliphatic hydroxyl groups excluding tert-OH is 2. The number of anilines is 1. The molecule has 3 aliphatic carbocycles. The van der Waals surface area contributed by atoms with Crippen molar-refractivity contribution in [1.82, 2.24) is 20.7 Å². The van der Waals surface area contributed by atoms with Gasteiger partial charge in [0.05, 0.1) is 26.4 Å². The van der Waals surface area contributed by atoms with Gasteiger partial charge in [-0.2, -0.15) is 5.06 Å². The lowest BCUT2D eigenvalue weighted by atomic mass is 9.45. The summed E-state index contributed by atoms with van der Waals surface area (Å²) in [5.41, 5.74) is 5.02. The minimum atomic E-state index is -0.898. The van der Waals surface area contributed by atoms with Crippen LogP contribution < -0.4 is 20.3 Å². The number of carbonyl (C=O) groups excluding carboxylic acids is 2. The van der Waals surface area contributed by atoms with E-state index in [2.05, 4.69) is 36.4 Å². The molecule has 0 radical (unpaired) electrons. The molecule has 0 unspecified atom stereocenters. The number of hydrogen-bond acceptors (Lipinski definition) is 9. The third kappa shape index (κ3) is 7.42. The highest BCUT2D eigenvalue weighted by Crippen LogP contribution is 2.61. The Morgan fingerprint density at radius 3 is 2.58 bits per heavy atom. The van der Waals surface area contributed by atoms with E-state index >= 15 is 0 Å². The molecule has 2 amide bonds. The molecule has 11 heteroatoms. The van der Waals surface area contributed by atoms with E-state index in [4.69, 9.17) is 9.57 Å². The van der Waals surface area contributed by atoms with Crippen LogP contribution in [0.2, 0.25) is 0 Å². The minimum absolute atomic E-state index is 0.0394. The van der Waals surface area contributed by atoms with E-state index < -0.39 is 24.2 Å². The molecule has 11 nitrogen and oxygen atoms in total. The summed E-state index contributed by atoms with van der Waals surface area (Å²) in [5, 5.41) is 29.2. The monoisotopic (exact) mass is 713 g/mol. The number of fused-ring (bicyclic) bond motifs is 2. The van der Waals surface area contributed by atoms with Crippen molar-refractivity contribution in [2.75, 3.05) is 39.3 Å². The maximum atomic E-state index is 14.2. The van der Waals surface area contributed by atoms with Gasteiger partial charge in [-0.1, -0.05) is 45.0 Å². The van der Waals surface area contributed by atoms with Crippen molar-refractivity contribution in [1.29, 1.82) is 0 Å². The second-order valence-electron chi connectivity index (χ2n) is 15.8. The first-order valence-corrected chi connectivity index (χ1v) is 18.5. The lowest BCUT2D eigenvalue weighted by Crippen LogP contribution is -2.62. The number of ether oxygens (including phenoxy) is 1.